The molecule has 3 N–H and O–H groups in total. The third-order valence-electron chi connectivity index (χ3n) is 2.78. The molecule has 106 valence electrons. The molecule has 0 atom stereocenters. The van der Waals surface area contributed by atoms with Crippen molar-refractivity contribution in [3.63, 3.8) is 0 Å². The summed E-state index contributed by atoms with van der Waals surface area (Å²) in [6.45, 7) is 3.80. The molecule has 0 fully saturated rings. The first kappa shape index (κ1) is 14.0. The van der Waals surface area contributed by atoms with Crippen LogP contribution in [0.4, 0.5) is 20.2 Å². The molecule has 1 aromatic carbocycles. The molecule has 0 aliphatic rings. The molecule has 0 aliphatic heterocycles. The molecule has 0 saturated heterocycles. The highest BCUT2D eigenvalue weighted by molar-refractivity contribution is 6.03. The fourth-order valence-corrected chi connectivity index (χ4v) is 1.93. The number of nitrogens with zero attached hydrogens (tertiary/aromatic N) is 1. The number of benzene rings is 1. The van der Waals surface area contributed by atoms with E-state index < -0.39 is 17.5 Å². The maximum absolute atomic E-state index is 13.1. The number of hydrogen-bond donors (Lipinski definition) is 2. The number of carbonyl (C=O) groups is 1. The topological polar surface area (TPSA) is 60.0 Å². The van der Waals surface area contributed by atoms with E-state index in [0.29, 0.717) is 11.4 Å². The summed E-state index contributed by atoms with van der Waals surface area (Å²) >= 11 is 0. The standard InChI is InChI=1S/C14H15F2N3O/c1-8(2)19-7-11(17)6-13(19)14(20)18-12-4-9(15)3-10(16)5-12/h3-8H,17H2,1-2H3,(H,18,20). The molecule has 1 amide bonds. The molecule has 1 aromatic heterocycles. The van der Waals surface area contributed by atoms with Crippen molar-refractivity contribution >= 4 is 17.3 Å². The zero-order chi connectivity index (χ0) is 14.9. The molecule has 0 saturated carbocycles. The number of amides is 1. The van der Waals surface area contributed by atoms with Crippen LogP contribution in [0, 0.1) is 11.6 Å². The number of aromatic nitrogens is 1. The molecule has 6 heteroatoms. The third-order valence-corrected chi connectivity index (χ3v) is 2.78. The van der Waals surface area contributed by atoms with E-state index >= 15 is 0 Å². The zero-order valence-electron chi connectivity index (χ0n) is 11.2. The number of nitrogen functional groups attached to an aromatic ring is 1. The molecular formula is C14H15F2N3O. The summed E-state index contributed by atoms with van der Waals surface area (Å²) < 4.78 is 27.8. The Hall–Kier alpha value is -2.37. The van der Waals surface area contributed by atoms with Gasteiger partial charge in [0.2, 0.25) is 0 Å². The van der Waals surface area contributed by atoms with Gasteiger partial charge >= 0.3 is 0 Å². The second-order valence-electron chi connectivity index (χ2n) is 4.77. The molecule has 0 spiro atoms. The van der Waals surface area contributed by atoms with E-state index in [1.54, 1.807) is 10.8 Å². The lowest BCUT2D eigenvalue weighted by molar-refractivity contribution is 0.101. The van der Waals surface area contributed by atoms with Gasteiger partial charge in [0.05, 0.1) is 5.69 Å². The van der Waals surface area contributed by atoms with Gasteiger partial charge in [-0.15, -0.1) is 0 Å². The van der Waals surface area contributed by atoms with Crippen LogP contribution in [0.15, 0.2) is 30.5 Å². The van der Waals surface area contributed by atoms with E-state index in [0.717, 1.165) is 18.2 Å². The van der Waals surface area contributed by atoms with Gasteiger partial charge < -0.3 is 15.6 Å². The first-order valence-corrected chi connectivity index (χ1v) is 6.11. The molecule has 1 heterocycles. The first-order valence-electron chi connectivity index (χ1n) is 6.11. The van der Waals surface area contributed by atoms with Crippen LogP contribution in [0.3, 0.4) is 0 Å². The predicted octanol–water partition coefficient (Wildman–Crippen LogP) is 3.18. The van der Waals surface area contributed by atoms with Crippen molar-refractivity contribution < 1.29 is 13.6 Å². The second-order valence-corrected chi connectivity index (χ2v) is 4.77. The number of rotatable bonds is 3. The Balaban J connectivity index is 2.28. The Morgan fingerprint density at radius 2 is 1.80 bits per heavy atom. The summed E-state index contributed by atoms with van der Waals surface area (Å²) in [5, 5.41) is 2.45. The average Bonchev–Trinajstić information content (AvgIpc) is 2.70. The van der Waals surface area contributed by atoms with E-state index in [1.165, 1.54) is 6.07 Å². The highest BCUT2D eigenvalue weighted by atomic mass is 19.1. The number of hydrogen-bond acceptors (Lipinski definition) is 2. The second kappa shape index (κ2) is 5.32. The quantitative estimate of drug-likeness (QED) is 0.906. The van der Waals surface area contributed by atoms with E-state index in [4.69, 9.17) is 5.73 Å². The highest BCUT2D eigenvalue weighted by Crippen LogP contribution is 2.19. The minimum atomic E-state index is -0.751. The number of halogens is 2. The maximum Gasteiger partial charge on any atom is 0.272 e. The van der Waals surface area contributed by atoms with Crippen molar-refractivity contribution in [2.45, 2.75) is 19.9 Å². The maximum atomic E-state index is 13.1. The van der Waals surface area contributed by atoms with Crippen molar-refractivity contribution in [1.29, 1.82) is 0 Å². The van der Waals surface area contributed by atoms with Gasteiger partial charge in [-0.1, -0.05) is 0 Å². The lowest BCUT2D eigenvalue weighted by Gasteiger charge is -2.12. The summed E-state index contributed by atoms with van der Waals surface area (Å²) in [4.78, 5) is 12.1. The lowest BCUT2D eigenvalue weighted by Crippen LogP contribution is -2.18. The molecule has 0 aliphatic carbocycles. The molecule has 0 unspecified atom stereocenters. The van der Waals surface area contributed by atoms with Crippen LogP contribution in [0.5, 0.6) is 0 Å². The van der Waals surface area contributed by atoms with Gasteiger partial charge in [0, 0.05) is 24.0 Å². The largest absolute Gasteiger partial charge is 0.397 e. The molecule has 2 aromatic rings. The minimum Gasteiger partial charge on any atom is -0.397 e. The zero-order valence-corrected chi connectivity index (χ0v) is 11.2. The van der Waals surface area contributed by atoms with Crippen LogP contribution in [0.2, 0.25) is 0 Å². The van der Waals surface area contributed by atoms with Crippen LogP contribution in [-0.2, 0) is 0 Å². The Bertz CT molecular complexity index is 630. The first-order chi connectivity index (χ1) is 9.36. The van der Waals surface area contributed by atoms with Gasteiger partial charge in [-0.25, -0.2) is 8.78 Å². The van der Waals surface area contributed by atoms with E-state index in [2.05, 4.69) is 5.32 Å². The number of nitrogens with one attached hydrogen (secondary N) is 1. The minimum absolute atomic E-state index is 0.0392. The summed E-state index contributed by atoms with van der Waals surface area (Å²) in [7, 11) is 0. The predicted molar refractivity (Wildman–Crippen MR) is 73.5 cm³/mol. The Kier molecular flexibility index (Phi) is 3.74. The summed E-state index contributed by atoms with van der Waals surface area (Å²) in [6, 6.07) is 4.40. The van der Waals surface area contributed by atoms with Crippen LogP contribution in [0.1, 0.15) is 30.4 Å². The lowest BCUT2D eigenvalue weighted by atomic mass is 10.2. The van der Waals surface area contributed by atoms with Crippen molar-refractivity contribution in [3.05, 3.63) is 47.8 Å². The molecule has 4 nitrogen and oxygen atoms in total. The number of carbonyl (C=O) groups excluding carboxylic acids is 1. The van der Waals surface area contributed by atoms with Crippen LogP contribution < -0.4 is 11.1 Å². The summed E-state index contributed by atoms with van der Waals surface area (Å²) in [5.41, 5.74) is 6.52. The van der Waals surface area contributed by atoms with Gasteiger partial charge in [0.1, 0.15) is 17.3 Å². The fraction of sp³-hybridized carbons (Fsp3) is 0.214. The van der Waals surface area contributed by atoms with Gasteiger partial charge in [0.15, 0.2) is 0 Å². The smallest absolute Gasteiger partial charge is 0.272 e. The summed E-state index contributed by atoms with van der Waals surface area (Å²) in [5.74, 6) is -1.97. The van der Waals surface area contributed by atoms with Crippen LogP contribution in [-0.4, -0.2) is 10.5 Å². The van der Waals surface area contributed by atoms with E-state index in [1.807, 2.05) is 13.8 Å². The summed E-state index contributed by atoms with van der Waals surface area (Å²) in [6.07, 6.45) is 1.64. The highest BCUT2D eigenvalue weighted by Gasteiger charge is 2.15. The van der Waals surface area contributed by atoms with E-state index in [-0.39, 0.29) is 11.7 Å². The Morgan fingerprint density at radius 1 is 1.20 bits per heavy atom. The van der Waals surface area contributed by atoms with Gasteiger partial charge in [-0.05, 0) is 32.0 Å². The molecule has 0 radical (unpaired) electrons. The van der Waals surface area contributed by atoms with E-state index in [9.17, 15) is 13.6 Å². The fourth-order valence-electron chi connectivity index (χ4n) is 1.93. The van der Waals surface area contributed by atoms with Crippen molar-refractivity contribution in [2.24, 2.45) is 0 Å². The van der Waals surface area contributed by atoms with Gasteiger partial charge in [-0.2, -0.15) is 0 Å². The van der Waals surface area contributed by atoms with Gasteiger partial charge in [-0.3, -0.25) is 4.79 Å². The van der Waals surface area contributed by atoms with Crippen molar-refractivity contribution in [3.8, 4) is 0 Å². The molecule has 0 bridgehead atoms. The molecule has 20 heavy (non-hydrogen) atoms. The number of anilines is 2. The average molecular weight is 279 g/mol. The van der Waals surface area contributed by atoms with Crippen LogP contribution in [0.25, 0.3) is 0 Å². The van der Waals surface area contributed by atoms with Crippen LogP contribution >= 0.6 is 0 Å². The Labute approximate surface area is 115 Å². The normalized spacial score (nSPS) is 10.8. The SMILES string of the molecule is CC(C)n1cc(N)cc1C(=O)Nc1cc(F)cc(F)c1. The number of nitrogens with two attached hydrogens (primary N) is 1. The monoisotopic (exact) mass is 279 g/mol. The van der Waals surface area contributed by atoms with Crippen molar-refractivity contribution in [2.75, 3.05) is 11.1 Å². The Morgan fingerprint density at radius 3 is 2.35 bits per heavy atom. The molecular weight excluding hydrogens is 264 g/mol. The molecule has 2 rings (SSSR count). The van der Waals surface area contributed by atoms with Gasteiger partial charge in [0.25, 0.3) is 5.91 Å². The third kappa shape index (κ3) is 2.96. The van der Waals surface area contributed by atoms with Crippen molar-refractivity contribution in [1.82, 2.24) is 4.57 Å².